The molecule has 0 bridgehead atoms. The first-order valence-corrected chi connectivity index (χ1v) is 7.54. The summed E-state index contributed by atoms with van der Waals surface area (Å²) in [6.45, 7) is 8.56. The lowest BCUT2D eigenvalue weighted by Crippen LogP contribution is -2.31. The van der Waals surface area contributed by atoms with Gasteiger partial charge < -0.3 is 9.84 Å². The van der Waals surface area contributed by atoms with E-state index in [1.165, 1.54) is 0 Å². The van der Waals surface area contributed by atoms with E-state index in [-0.39, 0.29) is 0 Å². The van der Waals surface area contributed by atoms with Gasteiger partial charge in [-0.3, -0.25) is 4.90 Å². The number of aryl methyl sites for hydroxylation is 1. The van der Waals surface area contributed by atoms with Gasteiger partial charge >= 0.3 is 0 Å². The van der Waals surface area contributed by atoms with Crippen LogP contribution in [0.2, 0.25) is 0 Å². The third kappa shape index (κ3) is 3.08. The van der Waals surface area contributed by atoms with E-state index in [2.05, 4.69) is 40.3 Å². The quantitative estimate of drug-likeness (QED) is 0.936. The molecular weight excluding hydrogens is 264 g/mol. The molecular formula is C16H22N4O. The molecule has 5 nitrogen and oxygen atoms in total. The molecule has 1 N–H and O–H groups in total. The maximum atomic E-state index is 5.30. The highest BCUT2D eigenvalue weighted by molar-refractivity contribution is 5.72. The van der Waals surface area contributed by atoms with E-state index < -0.39 is 0 Å². The Morgan fingerprint density at radius 2 is 2.14 bits per heavy atom. The van der Waals surface area contributed by atoms with Crippen LogP contribution >= 0.6 is 0 Å². The predicted octanol–water partition coefficient (Wildman–Crippen LogP) is 2.94. The number of likely N-dealkylation sites (tertiary alicyclic amines) is 1. The van der Waals surface area contributed by atoms with Gasteiger partial charge in [0, 0.05) is 30.9 Å². The minimum absolute atomic E-state index is 0.470. The van der Waals surface area contributed by atoms with E-state index in [4.69, 9.17) is 4.52 Å². The Kier molecular flexibility index (Phi) is 3.92. The molecule has 0 amide bonds. The number of hydrogen-bond donors (Lipinski definition) is 1. The lowest BCUT2D eigenvalue weighted by Gasteiger charge is -2.21. The largest absolute Gasteiger partial charge is 0.380 e. The van der Waals surface area contributed by atoms with Crippen LogP contribution in [0.15, 0.2) is 28.8 Å². The second-order valence-corrected chi connectivity index (χ2v) is 5.91. The van der Waals surface area contributed by atoms with Gasteiger partial charge in [-0.25, -0.2) is 0 Å². The summed E-state index contributed by atoms with van der Waals surface area (Å²) in [7, 11) is 0. The van der Waals surface area contributed by atoms with Crippen molar-refractivity contribution in [2.75, 3.05) is 18.4 Å². The van der Waals surface area contributed by atoms with Gasteiger partial charge in [0.15, 0.2) is 5.82 Å². The smallest absolute Gasteiger partial charge is 0.260 e. The Morgan fingerprint density at radius 1 is 1.33 bits per heavy atom. The third-order valence-electron chi connectivity index (χ3n) is 3.99. The molecule has 1 unspecified atom stereocenters. The van der Waals surface area contributed by atoms with E-state index in [1.54, 1.807) is 0 Å². The molecule has 1 atom stereocenters. The van der Waals surface area contributed by atoms with E-state index in [0.29, 0.717) is 23.8 Å². The lowest BCUT2D eigenvalue weighted by molar-refractivity contribution is 0.274. The van der Waals surface area contributed by atoms with Crippen molar-refractivity contribution < 1.29 is 4.52 Å². The monoisotopic (exact) mass is 286 g/mol. The van der Waals surface area contributed by atoms with Crippen LogP contribution in [0.5, 0.6) is 0 Å². The molecule has 2 heterocycles. The zero-order chi connectivity index (χ0) is 14.8. The number of para-hydroxylation sites is 1. The SMILES string of the molecule is Cc1noc(-c2ccccc2NC2CCN(C(C)C)C2)n1. The van der Waals surface area contributed by atoms with Crippen molar-refractivity contribution in [3.05, 3.63) is 30.1 Å². The van der Waals surface area contributed by atoms with Crippen LogP contribution in [0.1, 0.15) is 26.1 Å². The van der Waals surface area contributed by atoms with Gasteiger partial charge in [0.2, 0.25) is 0 Å². The van der Waals surface area contributed by atoms with Crippen molar-refractivity contribution in [2.45, 2.75) is 39.3 Å². The molecule has 1 saturated heterocycles. The highest BCUT2D eigenvalue weighted by atomic mass is 16.5. The number of rotatable bonds is 4. The topological polar surface area (TPSA) is 54.2 Å². The number of aromatic nitrogens is 2. The van der Waals surface area contributed by atoms with E-state index >= 15 is 0 Å². The highest BCUT2D eigenvalue weighted by Gasteiger charge is 2.25. The average Bonchev–Trinajstić information content (AvgIpc) is 3.09. The average molecular weight is 286 g/mol. The fourth-order valence-electron chi connectivity index (χ4n) is 2.80. The van der Waals surface area contributed by atoms with Gasteiger partial charge in [-0.2, -0.15) is 4.98 Å². The Bertz CT molecular complexity index is 608. The van der Waals surface area contributed by atoms with Crippen molar-refractivity contribution in [2.24, 2.45) is 0 Å². The molecule has 0 aliphatic carbocycles. The van der Waals surface area contributed by atoms with Crippen LogP contribution in [-0.4, -0.2) is 40.2 Å². The van der Waals surface area contributed by atoms with E-state index in [1.807, 2.05) is 25.1 Å². The fraction of sp³-hybridized carbons (Fsp3) is 0.500. The molecule has 1 aromatic heterocycles. The van der Waals surface area contributed by atoms with E-state index in [9.17, 15) is 0 Å². The normalized spacial score (nSPS) is 19.3. The molecule has 1 aromatic carbocycles. The molecule has 0 saturated carbocycles. The Labute approximate surface area is 125 Å². The first-order valence-electron chi connectivity index (χ1n) is 7.54. The summed E-state index contributed by atoms with van der Waals surface area (Å²) in [5.74, 6) is 1.24. The van der Waals surface area contributed by atoms with Crippen LogP contribution in [0.25, 0.3) is 11.5 Å². The number of anilines is 1. The van der Waals surface area contributed by atoms with Gasteiger partial charge in [-0.05, 0) is 39.3 Å². The minimum Gasteiger partial charge on any atom is -0.380 e. The molecule has 5 heteroatoms. The zero-order valence-corrected chi connectivity index (χ0v) is 12.8. The van der Waals surface area contributed by atoms with Crippen LogP contribution < -0.4 is 5.32 Å². The molecule has 1 aliphatic rings. The van der Waals surface area contributed by atoms with Gasteiger partial charge in [-0.1, -0.05) is 17.3 Å². The van der Waals surface area contributed by atoms with Crippen molar-refractivity contribution in [3.63, 3.8) is 0 Å². The van der Waals surface area contributed by atoms with Crippen LogP contribution in [0.4, 0.5) is 5.69 Å². The molecule has 2 aromatic rings. The summed E-state index contributed by atoms with van der Waals surface area (Å²) >= 11 is 0. The molecule has 0 spiro atoms. The van der Waals surface area contributed by atoms with Crippen LogP contribution in [-0.2, 0) is 0 Å². The maximum absolute atomic E-state index is 5.30. The zero-order valence-electron chi connectivity index (χ0n) is 12.8. The summed E-state index contributed by atoms with van der Waals surface area (Å²) in [4.78, 5) is 6.83. The van der Waals surface area contributed by atoms with Gasteiger partial charge in [-0.15, -0.1) is 0 Å². The standard InChI is InChI=1S/C16H22N4O/c1-11(2)20-9-8-13(10-20)18-15-7-5-4-6-14(15)16-17-12(3)19-21-16/h4-7,11,13,18H,8-10H2,1-3H3. The lowest BCUT2D eigenvalue weighted by atomic mass is 10.1. The second-order valence-electron chi connectivity index (χ2n) is 5.91. The van der Waals surface area contributed by atoms with E-state index in [0.717, 1.165) is 30.8 Å². The molecule has 3 rings (SSSR count). The Hall–Kier alpha value is -1.88. The summed E-state index contributed by atoms with van der Waals surface area (Å²) in [6.07, 6.45) is 1.16. The molecule has 21 heavy (non-hydrogen) atoms. The molecule has 1 fully saturated rings. The second kappa shape index (κ2) is 5.85. The van der Waals surface area contributed by atoms with Crippen LogP contribution in [0.3, 0.4) is 0 Å². The summed E-state index contributed by atoms with van der Waals surface area (Å²) in [5, 5.41) is 7.51. The summed E-state index contributed by atoms with van der Waals surface area (Å²) < 4.78 is 5.30. The Morgan fingerprint density at radius 3 is 2.81 bits per heavy atom. The molecule has 0 radical (unpaired) electrons. The summed E-state index contributed by atoms with van der Waals surface area (Å²) in [5.41, 5.74) is 2.04. The Balaban J connectivity index is 1.77. The summed E-state index contributed by atoms with van der Waals surface area (Å²) in [6, 6.07) is 9.19. The van der Waals surface area contributed by atoms with Crippen molar-refractivity contribution in [1.29, 1.82) is 0 Å². The van der Waals surface area contributed by atoms with Gasteiger partial charge in [0.05, 0.1) is 5.56 Å². The third-order valence-corrected chi connectivity index (χ3v) is 3.99. The number of nitrogens with zero attached hydrogens (tertiary/aromatic N) is 3. The van der Waals surface area contributed by atoms with Crippen molar-refractivity contribution in [3.8, 4) is 11.5 Å². The number of nitrogens with one attached hydrogen (secondary N) is 1. The molecule has 1 aliphatic heterocycles. The predicted molar refractivity (Wildman–Crippen MR) is 83.2 cm³/mol. The maximum Gasteiger partial charge on any atom is 0.260 e. The van der Waals surface area contributed by atoms with Crippen LogP contribution in [0, 0.1) is 6.92 Å². The van der Waals surface area contributed by atoms with Crippen molar-refractivity contribution in [1.82, 2.24) is 15.0 Å². The first-order chi connectivity index (χ1) is 10.1. The molecule has 112 valence electrons. The fourth-order valence-corrected chi connectivity index (χ4v) is 2.80. The first kappa shape index (κ1) is 14.1. The highest BCUT2D eigenvalue weighted by Crippen LogP contribution is 2.28. The van der Waals surface area contributed by atoms with Crippen molar-refractivity contribution >= 4 is 5.69 Å². The number of benzene rings is 1. The van der Waals surface area contributed by atoms with Gasteiger partial charge in [0.1, 0.15) is 0 Å². The number of hydrogen-bond acceptors (Lipinski definition) is 5. The van der Waals surface area contributed by atoms with Gasteiger partial charge in [0.25, 0.3) is 5.89 Å². The minimum atomic E-state index is 0.470.